The number of nitrogens with one attached hydrogen (secondary N) is 4. The monoisotopic (exact) mass is 270 g/mol. The number of nitrogens with zero attached hydrogens (tertiary/aromatic N) is 2. The third-order valence-corrected chi connectivity index (χ3v) is 2.33. The summed E-state index contributed by atoms with van der Waals surface area (Å²) in [5.74, 6) is 0. The fourth-order valence-corrected chi connectivity index (χ4v) is 1.42. The molecule has 0 unspecified atom stereocenters. The van der Waals surface area contributed by atoms with Crippen LogP contribution in [0, 0.1) is 0 Å². The van der Waals surface area contributed by atoms with E-state index in [1.54, 1.807) is 12.1 Å². The number of anilines is 2. The van der Waals surface area contributed by atoms with Crippen LogP contribution in [0.2, 0.25) is 0 Å². The molecule has 0 fully saturated rings. The molecule has 7 nitrogen and oxygen atoms in total. The predicted molar refractivity (Wildman–Crippen MR) is 77.0 cm³/mol. The van der Waals surface area contributed by atoms with Crippen molar-refractivity contribution in [3.63, 3.8) is 0 Å². The van der Waals surface area contributed by atoms with E-state index in [-0.39, 0.29) is 0 Å². The van der Waals surface area contributed by atoms with Gasteiger partial charge >= 0.3 is 0 Å². The molecule has 0 spiro atoms. The van der Waals surface area contributed by atoms with Crippen LogP contribution in [0.25, 0.3) is 0 Å². The standard InChI is InChI=1S/C13H14N6O/c20-10-14-15-12-6-8-13(9-7-12)17-19-18-16-11-4-2-1-3-5-11/h1-10,15H,(H,14,20)(H,16,19)(H,17,18). The van der Waals surface area contributed by atoms with Crippen molar-refractivity contribution in [1.29, 1.82) is 0 Å². The molecule has 0 aromatic heterocycles. The number of rotatable bonds is 7. The van der Waals surface area contributed by atoms with Gasteiger partial charge in [0.05, 0.1) is 17.1 Å². The van der Waals surface area contributed by atoms with Crippen LogP contribution in [-0.2, 0) is 4.79 Å². The summed E-state index contributed by atoms with van der Waals surface area (Å²) in [7, 11) is 0. The van der Waals surface area contributed by atoms with Gasteiger partial charge in [0.15, 0.2) is 0 Å². The zero-order valence-corrected chi connectivity index (χ0v) is 10.6. The summed E-state index contributed by atoms with van der Waals surface area (Å²) in [6, 6.07) is 16.6. The zero-order chi connectivity index (χ0) is 14.0. The first-order chi connectivity index (χ1) is 9.88. The fourth-order valence-electron chi connectivity index (χ4n) is 1.42. The largest absolute Gasteiger partial charge is 0.299 e. The minimum atomic E-state index is 0.567. The lowest BCUT2D eigenvalue weighted by molar-refractivity contribution is -0.109. The molecule has 1 amide bonds. The van der Waals surface area contributed by atoms with Crippen LogP contribution in [0.3, 0.4) is 0 Å². The van der Waals surface area contributed by atoms with E-state index >= 15 is 0 Å². The topological polar surface area (TPSA) is 89.9 Å². The number of hydrogen-bond acceptors (Lipinski definition) is 5. The summed E-state index contributed by atoms with van der Waals surface area (Å²) >= 11 is 0. The highest BCUT2D eigenvalue weighted by Gasteiger charge is 1.92. The van der Waals surface area contributed by atoms with Gasteiger partial charge in [0, 0.05) is 0 Å². The average Bonchev–Trinajstić information content (AvgIpc) is 2.52. The van der Waals surface area contributed by atoms with Gasteiger partial charge in [0.2, 0.25) is 6.41 Å². The highest BCUT2D eigenvalue weighted by Crippen LogP contribution is 2.12. The number of benzene rings is 2. The number of carbonyl (C=O) groups excluding carboxylic acids is 1. The van der Waals surface area contributed by atoms with Crippen molar-refractivity contribution in [3.05, 3.63) is 54.6 Å². The van der Waals surface area contributed by atoms with Crippen molar-refractivity contribution in [2.24, 2.45) is 10.3 Å². The number of hydrogen-bond donors (Lipinski definition) is 4. The van der Waals surface area contributed by atoms with Crippen LogP contribution >= 0.6 is 0 Å². The van der Waals surface area contributed by atoms with Gasteiger partial charge in [0.1, 0.15) is 0 Å². The lowest BCUT2D eigenvalue weighted by Crippen LogP contribution is -2.19. The Morgan fingerprint density at radius 3 is 2.15 bits per heavy atom. The van der Waals surface area contributed by atoms with Crippen LogP contribution in [-0.4, -0.2) is 6.41 Å². The molecule has 7 heteroatoms. The fraction of sp³-hybridized carbons (Fsp3) is 0. The quantitative estimate of drug-likeness (QED) is 0.353. The molecule has 20 heavy (non-hydrogen) atoms. The number of amides is 1. The molecule has 2 rings (SSSR count). The van der Waals surface area contributed by atoms with Crippen molar-refractivity contribution in [2.75, 3.05) is 10.9 Å². The Morgan fingerprint density at radius 1 is 0.850 bits per heavy atom. The van der Waals surface area contributed by atoms with Crippen molar-refractivity contribution in [1.82, 2.24) is 11.0 Å². The van der Waals surface area contributed by atoms with Crippen LogP contribution in [0.4, 0.5) is 17.1 Å². The van der Waals surface area contributed by atoms with Gasteiger partial charge in [-0.15, -0.1) is 5.11 Å². The molecule has 2 aromatic rings. The Labute approximate surface area is 116 Å². The molecule has 2 aromatic carbocycles. The van der Waals surface area contributed by atoms with Crippen LogP contribution in [0.1, 0.15) is 0 Å². The smallest absolute Gasteiger partial charge is 0.225 e. The second-order valence-electron chi connectivity index (χ2n) is 3.74. The molecule has 0 aliphatic heterocycles. The van der Waals surface area contributed by atoms with Crippen LogP contribution < -0.4 is 21.8 Å². The number of carbonyl (C=O) groups is 1. The summed E-state index contributed by atoms with van der Waals surface area (Å²) < 4.78 is 0. The van der Waals surface area contributed by atoms with Gasteiger partial charge in [-0.1, -0.05) is 23.4 Å². The van der Waals surface area contributed by atoms with Crippen molar-refractivity contribution >= 4 is 23.5 Å². The Kier molecular flexibility index (Phi) is 4.92. The van der Waals surface area contributed by atoms with Gasteiger partial charge in [0.25, 0.3) is 0 Å². The Bertz CT molecular complexity index is 555. The second kappa shape index (κ2) is 7.37. The molecule has 0 saturated carbocycles. The Hall–Kier alpha value is -3.09. The van der Waals surface area contributed by atoms with E-state index < -0.39 is 0 Å². The SMILES string of the molecule is O=CNNc1ccc(NNN=Nc2ccccc2)cc1. The second-order valence-corrected chi connectivity index (χ2v) is 3.74. The molecule has 102 valence electrons. The molecule has 0 saturated heterocycles. The summed E-state index contributed by atoms with van der Waals surface area (Å²) in [4.78, 5) is 10.1. The average molecular weight is 270 g/mol. The van der Waals surface area contributed by atoms with E-state index in [0.717, 1.165) is 17.1 Å². The van der Waals surface area contributed by atoms with Gasteiger partial charge in [-0.2, -0.15) is 0 Å². The van der Waals surface area contributed by atoms with Crippen molar-refractivity contribution in [3.8, 4) is 0 Å². The molecule has 4 N–H and O–H groups in total. The lowest BCUT2D eigenvalue weighted by atomic mass is 10.3. The minimum absolute atomic E-state index is 0.567. The minimum Gasteiger partial charge on any atom is -0.299 e. The summed E-state index contributed by atoms with van der Waals surface area (Å²) in [6.45, 7) is 0. The van der Waals surface area contributed by atoms with E-state index in [2.05, 4.69) is 32.1 Å². The first-order valence-electron chi connectivity index (χ1n) is 5.90. The molecule has 0 atom stereocenters. The summed E-state index contributed by atoms with van der Waals surface area (Å²) in [5.41, 5.74) is 12.9. The molecular formula is C13H14N6O. The van der Waals surface area contributed by atoms with Gasteiger partial charge in [-0.25, -0.2) is 5.53 Å². The van der Waals surface area contributed by atoms with E-state index in [0.29, 0.717) is 6.41 Å². The normalized spacial score (nSPS) is 10.0. The van der Waals surface area contributed by atoms with E-state index in [4.69, 9.17) is 0 Å². The van der Waals surface area contributed by atoms with Gasteiger partial charge < -0.3 is 0 Å². The molecule has 0 radical (unpaired) electrons. The first-order valence-corrected chi connectivity index (χ1v) is 5.90. The maximum Gasteiger partial charge on any atom is 0.225 e. The molecule has 0 bridgehead atoms. The Morgan fingerprint density at radius 2 is 1.50 bits per heavy atom. The molecule has 0 heterocycles. The maximum atomic E-state index is 10.1. The van der Waals surface area contributed by atoms with Gasteiger partial charge in [-0.3, -0.25) is 21.1 Å². The molecule has 0 aliphatic rings. The summed E-state index contributed by atoms with van der Waals surface area (Å²) in [5, 5.41) is 7.77. The van der Waals surface area contributed by atoms with E-state index in [1.807, 2.05) is 42.5 Å². The third-order valence-electron chi connectivity index (χ3n) is 2.33. The lowest BCUT2D eigenvalue weighted by Gasteiger charge is -2.06. The third kappa shape index (κ3) is 4.30. The Balaban J connectivity index is 1.79. The maximum absolute atomic E-state index is 10.1. The van der Waals surface area contributed by atoms with Crippen molar-refractivity contribution in [2.45, 2.75) is 0 Å². The highest BCUT2D eigenvalue weighted by atomic mass is 16.1. The zero-order valence-electron chi connectivity index (χ0n) is 10.6. The summed E-state index contributed by atoms with van der Waals surface area (Å²) in [6.07, 6.45) is 0.567. The van der Waals surface area contributed by atoms with E-state index in [9.17, 15) is 4.79 Å². The van der Waals surface area contributed by atoms with E-state index in [1.165, 1.54) is 0 Å². The molecular weight excluding hydrogens is 256 g/mol. The van der Waals surface area contributed by atoms with Gasteiger partial charge in [-0.05, 0) is 36.4 Å². The van der Waals surface area contributed by atoms with Crippen LogP contribution in [0.5, 0.6) is 0 Å². The predicted octanol–water partition coefficient (Wildman–Crippen LogP) is 2.37. The van der Waals surface area contributed by atoms with Crippen molar-refractivity contribution < 1.29 is 4.79 Å². The highest BCUT2D eigenvalue weighted by molar-refractivity contribution is 5.56. The van der Waals surface area contributed by atoms with Crippen LogP contribution in [0.15, 0.2) is 64.9 Å². The number of hydrazine groups is 2. The molecule has 0 aliphatic carbocycles. The first kappa shape index (κ1) is 13.3.